The van der Waals surface area contributed by atoms with Crippen molar-refractivity contribution in [2.45, 2.75) is 17.7 Å². The van der Waals surface area contributed by atoms with E-state index in [1.807, 2.05) is 0 Å². The predicted molar refractivity (Wildman–Crippen MR) is 84.3 cm³/mol. The van der Waals surface area contributed by atoms with Gasteiger partial charge in [0, 0.05) is 31.9 Å². The maximum absolute atomic E-state index is 12.6. The van der Waals surface area contributed by atoms with Crippen LogP contribution in [0.15, 0.2) is 29.2 Å². The molecule has 0 bridgehead atoms. The van der Waals surface area contributed by atoms with Crippen LogP contribution in [-0.4, -0.2) is 55.6 Å². The number of thioether (sulfide) groups is 1. The molecule has 0 atom stereocenters. The lowest BCUT2D eigenvalue weighted by molar-refractivity contribution is 0.233. The molecule has 1 heterocycles. The summed E-state index contributed by atoms with van der Waals surface area (Å²) in [6.45, 7) is 1.66. The molecule has 2 rings (SSSR count). The molecule has 5 nitrogen and oxygen atoms in total. The number of benzene rings is 1. The fourth-order valence-electron chi connectivity index (χ4n) is 2.08. The van der Waals surface area contributed by atoms with Gasteiger partial charge >= 0.3 is 0 Å². The molecule has 1 fully saturated rings. The van der Waals surface area contributed by atoms with Gasteiger partial charge < -0.3 is 9.84 Å². The first-order valence-electron chi connectivity index (χ1n) is 7.06. The quantitative estimate of drug-likeness (QED) is 0.802. The Balaban J connectivity index is 2.05. The van der Waals surface area contributed by atoms with E-state index in [0.29, 0.717) is 36.8 Å². The molecule has 0 unspecified atom stereocenters. The van der Waals surface area contributed by atoms with Gasteiger partial charge in [0.15, 0.2) is 0 Å². The minimum Gasteiger partial charge on any atom is -0.494 e. The van der Waals surface area contributed by atoms with Crippen LogP contribution in [-0.2, 0) is 10.0 Å². The van der Waals surface area contributed by atoms with Crippen molar-refractivity contribution in [1.29, 1.82) is 0 Å². The van der Waals surface area contributed by atoms with Gasteiger partial charge in [-0.3, -0.25) is 0 Å². The van der Waals surface area contributed by atoms with Crippen molar-refractivity contribution < 1.29 is 18.3 Å². The highest BCUT2D eigenvalue weighted by atomic mass is 32.2. The topological polar surface area (TPSA) is 66.8 Å². The molecule has 1 saturated heterocycles. The summed E-state index contributed by atoms with van der Waals surface area (Å²) in [6, 6.07) is 6.50. The van der Waals surface area contributed by atoms with E-state index in [2.05, 4.69) is 0 Å². The zero-order chi connectivity index (χ0) is 15.1. The largest absolute Gasteiger partial charge is 0.494 e. The van der Waals surface area contributed by atoms with Gasteiger partial charge in [0.05, 0.1) is 11.5 Å². The number of aliphatic hydroxyl groups is 1. The Hall–Kier alpha value is -0.760. The highest BCUT2D eigenvalue weighted by molar-refractivity contribution is 7.99. The van der Waals surface area contributed by atoms with Crippen molar-refractivity contribution in [3.05, 3.63) is 24.3 Å². The summed E-state index contributed by atoms with van der Waals surface area (Å²) in [5.74, 6) is 2.49. The van der Waals surface area contributed by atoms with E-state index in [9.17, 15) is 8.42 Å². The third-order valence-electron chi connectivity index (χ3n) is 3.21. The minimum absolute atomic E-state index is 0.0828. The first-order valence-corrected chi connectivity index (χ1v) is 9.65. The highest BCUT2D eigenvalue weighted by Crippen LogP contribution is 2.22. The number of hydrogen-bond donors (Lipinski definition) is 1. The molecule has 1 aromatic rings. The molecular weight excluding hydrogens is 310 g/mol. The lowest BCUT2D eigenvalue weighted by Gasteiger charge is -2.19. The molecule has 1 aromatic carbocycles. The molecule has 0 amide bonds. The highest BCUT2D eigenvalue weighted by Gasteiger charge is 2.25. The van der Waals surface area contributed by atoms with Crippen LogP contribution in [0.2, 0.25) is 0 Å². The normalized spacial score (nSPS) is 17.4. The number of aliphatic hydroxyl groups excluding tert-OH is 1. The standard InChI is InChI=1S/C14H21NO4S2/c16-9-2-10-19-13-3-5-14(6-4-13)21(17,18)15-7-1-11-20-12-8-15/h3-6,16H,1-2,7-12H2. The van der Waals surface area contributed by atoms with Gasteiger partial charge in [-0.25, -0.2) is 8.42 Å². The molecule has 118 valence electrons. The molecule has 1 N–H and O–H groups in total. The van der Waals surface area contributed by atoms with Crippen LogP contribution in [0, 0.1) is 0 Å². The van der Waals surface area contributed by atoms with Gasteiger partial charge in [-0.15, -0.1) is 0 Å². The smallest absolute Gasteiger partial charge is 0.243 e. The second-order valence-electron chi connectivity index (χ2n) is 4.77. The Kier molecular flexibility index (Phi) is 6.35. The van der Waals surface area contributed by atoms with E-state index in [4.69, 9.17) is 9.84 Å². The summed E-state index contributed by atoms with van der Waals surface area (Å²) < 4.78 is 32.1. The lowest BCUT2D eigenvalue weighted by atomic mass is 10.3. The summed E-state index contributed by atoms with van der Waals surface area (Å²) in [7, 11) is -3.40. The maximum atomic E-state index is 12.6. The van der Waals surface area contributed by atoms with Crippen LogP contribution in [0.3, 0.4) is 0 Å². The van der Waals surface area contributed by atoms with Crippen molar-refractivity contribution in [3.8, 4) is 5.75 Å². The molecule has 0 aromatic heterocycles. The van der Waals surface area contributed by atoms with Gasteiger partial charge in [0.1, 0.15) is 5.75 Å². The summed E-state index contributed by atoms with van der Waals surface area (Å²) in [5.41, 5.74) is 0. The Bertz CT molecular complexity index is 522. The Morgan fingerprint density at radius 3 is 2.67 bits per heavy atom. The lowest BCUT2D eigenvalue weighted by Crippen LogP contribution is -2.32. The fraction of sp³-hybridized carbons (Fsp3) is 0.571. The van der Waals surface area contributed by atoms with Crippen molar-refractivity contribution in [3.63, 3.8) is 0 Å². The third kappa shape index (κ3) is 4.60. The van der Waals surface area contributed by atoms with Crippen molar-refractivity contribution in [2.24, 2.45) is 0 Å². The van der Waals surface area contributed by atoms with E-state index >= 15 is 0 Å². The van der Waals surface area contributed by atoms with Crippen molar-refractivity contribution >= 4 is 21.8 Å². The summed E-state index contributed by atoms with van der Waals surface area (Å²) in [5, 5.41) is 8.70. The Morgan fingerprint density at radius 1 is 1.19 bits per heavy atom. The SMILES string of the molecule is O=S(=O)(c1ccc(OCCCO)cc1)N1CCCSCC1. The first kappa shape index (κ1) is 16.6. The van der Waals surface area contributed by atoms with E-state index < -0.39 is 10.0 Å². The molecule has 0 spiro atoms. The Morgan fingerprint density at radius 2 is 1.95 bits per heavy atom. The van der Waals surface area contributed by atoms with Crippen LogP contribution in [0.5, 0.6) is 5.75 Å². The van der Waals surface area contributed by atoms with Crippen LogP contribution in [0.25, 0.3) is 0 Å². The monoisotopic (exact) mass is 331 g/mol. The zero-order valence-electron chi connectivity index (χ0n) is 11.9. The number of sulfonamides is 1. The summed E-state index contributed by atoms with van der Waals surface area (Å²) >= 11 is 1.80. The predicted octanol–water partition coefficient (Wildman–Crippen LogP) is 1.58. The first-order chi connectivity index (χ1) is 10.1. The number of rotatable bonds is 6. The molecule has 0 saturated carbocycles. The minimum atomic E-state index is -3.40. The van der Waals surface area contributed by atoms with E-state index in [1.165, 1.54) is 0 Å². The van der Waals surface area contributed by atoms with Crippen molar-refractivity contribution in [2.75, 3.05) is 37.8 Å². The zero-order valence-corrected chi connectivity index (χ0v) is 13.5. The number of ether oxygens (including phenoxy) is 1. The molecular formula is C14H21NO4S2. The van der Waals surface area contributed by atoms with E-state index in [-0.39, 0.29) is 6.61 Å². The van der Waals surface area contributed by atoms with Gasteiger partial charge in [-0.2, -0.15) is 16.1 Å². The maximum Gasteiger partial charge on any atom is 0.243 e. The van der Waals surface area contributed by atoms with Crippen molar-refractivity contribution in [1.82, 2.24) is 4.31 Å². The molecule has 1 aliphatic rings. The Labute approximate surface area is 130 Å². The number of hydrogen-bond acceptors (Lipinski definition) is 5. The average molecular weight is 331 g/mol. The van der Waals surface area contributed by atoms with Crippen LogP contribution in [0.1, 0.15) is 12.8 Å². The van der Waals surface area contributed by atoms with Crippen LogP contribution in [0.4, 0.5) is 0 Å². The third-order valence-corrected chi connectivity index (χ3v) is 6.18. The molecule has 0 aliphatic carbocycles. The molecule has 0 radical (unpaired) electrons. The fourth-order valence-corrected chi connectivity index (χ4v) is 4.56. The second kappa shape index (κ2) is 8.03. The van der Waals surface area contributed by atoms with E-state index in [1.54, 1.807) is 40.3 Å². The molecule has 7 heteroatoms. The van der Waals surface area contributed by atoms with Gasteiger partial charge in [-0.1, -0.05) is 0 Å². The average Bonchev–Trinajstić information content (AvgIpc) is 2.78. The van der Waals surface area contributed by atoms with Crippen LogP contribution >= 0.6 is 11.8 Å². The second-order valence-corrected chi connectivity index (χ2v) is 7.93. The van der Waals surface area contributed by atoms with E-state index in [0.717, 1.165) is 17.9 Å². The van der Waals surface area contributed by atoms with Gasteiger partial charge in [-0.05, 0) is 36.4 Å². The summed E-state index contributed by atoms with van der Waals surface area (Å²) in [4.78, 5) is 0.309. The van der Waals surface area contributed by atoms with Crippen LogP contribution < -0.4 is 4.74 Å². The molecule has 1 aliphatic heterocycles. The molecule has 21 heavy (non-hydrogen) atoms. The van der Waals surface area contributed by atoms with Gasteiger partial charge in [0.2, 0.25) is 10.0 Å². The summed E-state index contributed by atoms with van der Waals surface area (Å²) in [6.07, 6.45) is 1.46. The number of nitrogens with zero attached hydrogens (tertiary/aromatic N) is 1. The van der Waals surface area contributed by atoms with Gasteiger partial charge in [0.25, 0.3) is 0 Å².